The number of aliphatic carboxylic acids is 2. The molecule has 1 aliphatic rings. The second-order valence-electron chi connectivity index (χ2n) is 9.66. The van der Waals surface area contributed by atoms with Gasteiger partial charge >= 0.3 is 18.0 Å². The Morgan fingerprint density at radius 1 is 0.875 bits per heavy atom. The highest BCUT2D eigenvalue weighted by Crippen LogP contribution is 2.44. The number of benzene rings is 3. The molecule has 1 aliphatic carbocycles. The summed E-state index contributed by atoms with van der Waals surface area (Å²) in [6.07, 6.45) is -0.533. The molecule has 5 rings (SSSR count). The van der Waals surface area contributed by atoms with Gasteiger partial charge in [0.25, 0.3) is 0 Å². The van der Waals surface area contributed by atoms with Gasteiger partial charge in [-0.05, 0) is 40.5 Å². The van der Waals surface area contributed by atoms with E-state index in [0.29, 0.717) is 17.0 Å². The number of hydrazine groups is 1. The molecular weight excluding hydrogens is 514 g/mol. The molecule has 10 nitrogen and oxygen atoms in total. The van der Waals surface area contributed by atoms with E-state index >= 15 is 0 Å². The van der Waals surface area contributed by atoms with Crippen LogP contribution in [0.2, 0.25) is 0 Å². The average molecular weight is 544 g/mol. The van der Waals surface area contributed by atoms with Crippen LogP contribution in [0.5, 0.6) is 5.75 Å². The summed E-state index contributed by atoms with van der Waals surface area (Å²) in [5.41, 5.74) is 5.76. The van der Waals surface area contributed by atoms with Crippen molar-refractivity contribution < 1.29 is 34.1 Å². The predicted octanol–water partition coefficient (Wildman–Crippen LogP) is 4.42. The molecule has 1 aromatic heterocycles. The number of fused-ring (bicyclic) bond motifs is 4. The lowest BCUT2D eigenvalue weighted by Crippen LogP contribution is -2.41. The Kier molecular flexibility index (Phi) is 7.43. The van der Waals surface area contributed by atoms with Crippen molar-refractivity contribution >= 4 is 28.9 Å². The minimum Gasteiger partial charge on any atom is -0.482 e. The zero-order valence-corrected chi connectivity index (χ0v) is 22.1. The van der Waals surface area contributed by atoms with E-state index in [-0.39, 0.29) is 25.6 Å². The van der Waals surface area contributed by atoms with E-state index in [4.69, 9.17) is 14.6 Å². The summed E-state index contributed by atoms with van der Waals surface area (Å²) < 4.78 is 12.6. The molecule has 40 heavy (non-hydrogen) atoms. The molecule has 0 fully saturated rings. The molecule has 0 bridgehead atoms. The van der Waals surface area contributed by atoms with Crippen LogP contribution in [0.25, 0.3) is 22.0 Å². The Bertz CT molecular complexity index is 1550. The highest BCUT2D eigenvalue weighted by atomic mass is 16.6. The topological polar surface area (TPSA) is 122 Å². The Hall–Kier alpha value is -4.83. The molecule has 3 aromatic carbocycles. The second-order valence-corrected chi connectivity index (χ2v) is 9.66. The maximum Gasteiger partial charge on any atom is 0.424 e. The Balaban J connectivity index is 1.30. The van der Waals surface area contributed by atoms with E-state index < -0.39 is 24.6 Å². The molecule has 1 amide bonds. The van der Waals surface area contributed by atoms with Crippen molar-refractivity contribution in [3.8, 4) is 16.9 Å². The van der Waals surface area contributed by atoms with E-state index in [0.717, 1.165) is 27.6 Å². The Morgan fingerprint density at radius 3 is 2.15 bits per heavy atom. The van der Waals surface area contributed by atoms with Crippen molar-refractivity contribution in [2.24, 2.45) is 0 Å². The summed E-state index contributed by atoms with van der Waals surface area (Å²) >= 11 is 0. The molecule has 2 N–H and O–H groups in total. The minimum atomic E-state index is -1.11. The van der Waals surface area contributed by atoms with Crippen LogP contribution in [0.1, 0.15) is 22.7 Å². The van der Waals surface area contributed by atoms with Gasteiger partial charge in [-0.2, -0.15) is 0 Å². The number of hydrogen-bond donors (Lipinski definition) is 2. The number of aromatic nitrogens is 1. The van der Waals surface area contributed by atoms with E-state index in [1.54, 1.807) is 41.9 Å². The standard InChI is InChI=1S/C30H29N3O7/c1-31(15-20-13-19-11-12-21(39-18-29(36)37)14-27(19)33(20)16-28(34)35)32(2)30(38)40-17-26-24-9-5-3-7-22(24)23-8-4-6-10-25(23)26/h3-14,26H,15-18H2,1-2H3,(H,34,35)(H,36,37). The molecule has 10 heteroatoms. The van der Waals surface area contributed by atoms with Gasteiger partial charge in [-0.3, -0.25) is 4.79 Å². The van der Waals surface area contributed by atoms with Gasteiger partial charge in [0, 0.05) is 37.2 Å². The normalized spacial score (nSPS) is 12.3. The molecule has 0 atom stereocenters. The molecule has 1 heterocycles. The molecular formula is C30H29N3O7. The largest absolute Gasteiger partial charge is 0.482 e. The third-order valence-electron chi connectivity index (χ3n) is 7.12. The zero-order chi connectivity index (χ0) is 28.4. The molecule has 0 aliphatic heterocycles. The van der Waals surface area contributed by atoms with Crippen LogP contribution >= 0.6 is 0 Å². The van der Waals surface area contributed by atoms with Gasteiger partial charge in [-0.1, -0.05) is 48.5 Å². The minimum absolute atomic E-state index is 0.0642. The molecule has 0 unspecified atom stereocenters. The number of nitrogens with zero attached hydrogens (tertiary/aromatic N) is 3. The quantitative estimate of drug-likeness (QED) is 0.282. The van der Waals surface area contributed by atoms with Gasteiger partial charge in [-0.25, -0.2) is 19.6 Å². The lowest BCUT2D eigenvalue weighted by Gasteiger charge is -2.28. The third-order valence-corrected chi connectivity index (χ3v) is 7.12. The Labute approximate surface area is 230 Å². The summed E-state index contributed by atoms with van der Waals surface area (Å²) in [5, 5.41) is 22.2. The zero-order valence-electron chi connectivity index (χ0n) is 22.1. The fourth-order valence-electron chi connectivity index (χ4n) is 5.15. The molecule has 0 saturated carbocycles. The third kappa shape index (κ3) is 5.34. The van der Waals surface area contributed by atoms with Crippen molar-refractivity contribution in [1.82, 2.24) is 14.6 Å². The van der Waals surface area contributed by atoms with Gasteiger partial charge in [0.1, 0.15) is 18.9 Å². The summed E-state index contributed by atoms with van der Waals surface area (Å²) in [7, 11) is 3.31. The first-order chi connectivity index (χ1) is 19.2. The van der Waals surface area contributed by atoms with E-state index in [1.165, 1.54) is 5.01 Å². The van der Waals surface area contributed by atoms with Crippen molar-refractivity contribution in [1.29, 1.82) is 0 Å². The van der Waals surface area contributed by atoms with Crippen LogP contribution in [0.3, 0.4) is 0 Å². The number of rotatable bonds is 10. The van der Waals surface area contributed by atoms with Gasteiger partial charge < -0.3 is 24.3 Å². The molecule has 0 spiro atoms. The van der Waals surface area contributed by atoms with Gasteiger partial charge in [0.05, 0.1) is 12.1 Å². The SMILES string of the molecule is CN(Cc1cc2ccc(OCC(=O)O)cc2n1CC(=O)O)N(C)C(=O)OCC1c2ccccc2-c2ccccc21. The average Bonchev–Trinajstić information content (AvgIpc) is 3.44. The van der Waals surface area contributed by atoms with Crippen LogP contribution in [-0.2, 0) is 27.4 Å². The van der Waals surface area contributed by atoms with Crippen LogP contribution in [0.15, 0.2) is 72.8 Å². The number of hydrogen-bond acceptors (Lipinski definition) is 6. The summed E-state index contributed by atoms with van der Waals surface area (Å²) in [5.74, 6) is -1.90. The van der Waals surface area contributed by atoms with Crippen LogP contribution in [0.4, 0.5) is 4.79 Å². The molecule has 0 saturated heterocycles. The summed E-state index contributed by atoms with van der Waals surface area (Å²) in [6, 6.07) is 23.1. The highest BCUT2D eigenvalue weighted by Gasteiger charge is 2.30. The number of carboxylic acids is 2. The Morgan fingerprint density at radius 2 is 1.52 bits per heavy atom. The van der Waals surface area contributed by atoms with Gasteiger partial charge in [-0.15, -0.1) is 0 Å². The van der Waals surface area contributed by atoms with Crippen LogP contribution in [-0.4, -0.2) is 70.1 Å². The lowest BCUT2D eigenvalue weighted by atomic mass is 9.98. The first-order valence-corrected chi connectivity index (χ1v) is 12.7. The fourth-order valence-corrected chi connectivity index (χ4v) is 5.15. The van der Waals surface area contributed by atoms with Crippen LogP contribution in [0, 0.1) is 0 Å². The van der Waals surface area contributed by atoms with Gasteiger partial charge in [0.15, 0.2) is 6.61 Å². The number of ether oxygens (including phenoxy) is 2. The van der Waals surface area contributed by atoms with E-state index in [2.05, 4.69) is 24.3 Å². The first-order valence-electron chi connectivity index (χ1n) is 12.7. The second kappa shape index (κ2) is 11.1. The smallest absolute Gasteiger partial charge is 0.424 e. The predicted molar refractivity (Wildman–Crippen MR) is 147 cm³/mol. The molecule has 0 radical (unpaired) electrons. The fraction of sp³-hybridized carbons (Fsp3) is 0.233. The molecule has 206 valence electrons. The van der Waals surface area contributed by atoms with E-state index in [1.807, 2.05) is 30.3 Å². The highest BCUT2D eigenvalue weighted by molar-refractivity contribution is 5.84. The maximum absolute atomic E-state index is 13.1. The lowest BCUT2D eigenvalue weighted by molar-refractivity contribution is -0.139. The number of carbonyl (C=O) groups is 3. The summed E-state index contributed by atoms with van der Waals surface area (Å²) in [4.78, 5) is 35.6. The summed E-state index contributed by atoms with van der Waals surface area (Å²) in [6.45, 7) is -0.424. The number of carboxylic acid groups (broad SMARTS) is 2. The van der Waals surface area contributed by atoms with Crippen molar-refractivity contribution in [2.45, 2.75) is 19.0 Å². The van der Waals surface area contributed by atoms with Gasteiger partial charge in [0.2, 0.25) is 0 Å². The monoisotopic (exact) mass is 543 g/mol. The molecule has 4 aromatic rings. The first kappa shape index (κ1) is 26.8. The van der Waals surface area contributed by atoms with Crippen molar-refractivity contribution in [2.75, 3.05) is 27.3 Å². The van der Waals surface area contributed by atoms with E-state index in [9.17, 15) is 19.5 Å². The number of amides is 1. The van der Waals surface area contributed by atoms with Crippen molar-refractivity contribution in [3.63, 3.8) is 0 Å². The number of carbonyl (C=O) groups excluding carboxylic acids is 1. The van der Waals surface area contributed by atoms with Crippen LogP contribution < -0.4 is 4.74 Å². The maximum atomic E-state index is 13.1. The van der Waals surface area contributed by atoms with Crippen molar-refractivity contribution in [3.05, 3.63) is 89.6 Å².